The molecule has 140 heavy (non-hydrogen) atoms. The minimum Gasteiger partial charge on any atom is -0.461 e. The summed E-state index contributed by atoms with van der Waals surface area (Å²) in [5, 5.41) is 0. The third-order valence-corrected chi connectivity index (χ3v) is 41.0. The highest BCUT2D eigenvalue weighted by atomic mass is 32.2. The van der Waals surface area contributed by atoms with E-state index >= 15 is 0 Å². The van der Waals surface area contributed by atoms with Crippen molar-refractivity contribution in [3.8, 4) is 0 Å². The van der Waals surface area contributed by atoms with E-state index in [1.807, 2.05) is 0 Å². The number of alkyl halides is 6. The van der Waals surface area contributed by atoms with Gasteiger partial charge in [-0.3, -0.25) is 14.4 Å². The summed E-state index contributed by atoms with van der Waals surface area (Å²) in [6.07, 6.45) is 23.7. The number of ether oxygens (including phenoxy) is 8. The van der Waals surface area contributed by atoms with Crippen molar-refractivity contribution >= 4 is 68.3 Å². The Balaban J connectivity index is 0.000000113. The van der Waals surface area contributed by atoms with Gasteiger partial charge >= 0.3 is 47.6 Å². The Hall–Kier alpha value is -7.93. The Morgan fingerprint density at radius 2 is 0.664 bits per heavy atom. The third-order valence-electron chi connectivity index (χ3n) is 34.3. The first-order chi connectivity index (χ1) is 66.8. The van der Waals surface area contributed by atoms with Gasteiger partial charge in [-0.25, -0.2) is 14.4 Å². The van der Waals surface area contributed by atoms with Crippen LogP contribution in [0.4, 0.5) is 26.3 Å². The SMILES string of the molecule is CC(C)(C)c1ccc([S+]2CCOCC2)cc1.CC(F)(F)C(=O)OC1C2CC3CC1CC(C(=O)OCOC1C4CC5CC(C4)CC1C5)(C3)C2.CC(F)(F)C(=O)OC1C2CC3CC1CC(C(=O)OCOC1C4CC5CC(C4)CC1C5)(C3)C2.CC(F)(F)C(=O)OCC12CC3CC(C1)C(=O)C(C3)C2.Cc1ccc([S+](c2ccc(C)cc2)c2ccc(C)cc2)cc1.c1ccc([S+](c2ccccc2)c2ccccc2)cc1. The van der Waals surface area contributed by atoms with Crippen LogP contribution in [0.15, 0.2) is 222 Å². The first-order valence-corrected chi connectivity index (χ1v) is 55.9. The highest BCUT2D eigenvalue weighted by molar-refractivity contribution is 7.97. The molecule has 20 saturated carbocycles. The molecule has 6 atom stereocenters. The van der Waals surface area contributed by atoms with E-state index in [1.54, 1.807) is 0 Å². The average Bonchev–Trinajstić information content (AvgIpc) is 0.719. The van der Waals surface area contributed by atoms with Crippen molar-refractivity contribution in [2.45, 2.75) is 305 Å². The summed E-state index contributed by atoms with van der Waals surface area (Å²) in [6.45, 7) is 16.9. The maximum Gasteiger partial charge on any atom is 0.376 e. The van der Waals surface area contributed by atoms with E-state index in [4.69, 9.17) is 37.9 Å². The molecule has 20 aliphatic carbocycles. The number of carbonyl (C=O) groups excluding carboxylic acids is 6. The molecule has 7 aromatic rings. The predicted molar refractivity (Wildman–Crippen MR) is 530 cm³/mol. The van der Waals surface area contributed by atoms with Crippen LogP contribution in [0.1, 0.15) is 224 Å². The number of carbonyl (C=O) groups is 6. The van der Waals surface area contributed by atoms with Crippen LogP contribution < -0.4 is 0 Å². The van der Waals surface area contributed by atoms with Gasteiger partial charge in [-0.1, -0.05) is 141 Å². The Kier molecular flexibility index (Phi) is 31.1. The van der Waals surface area contributed by atoms with Gasteiger partial charge in [0.05, 0.1) is 64.6 Å². The molecule has 1 saturated heterocycles. The fourth-order valence-corrected chi connectivity index (χ4v) is 35.1. The van der Waals surface area contributed by atoms with Gasteiger partial charge in [0.2, 0.25) is 0 Å². The van der Waals surface area contributed by atoms with E-state index in [2.05, 4.69) is 230 Å². The summed E-state index contributed by atoms with van der Waals surface area (Å²) >= 11 is 0. The Morgan fingerprint density at radius 3 is 0.986 bits per heavy atom. The molecule has 6 unspecified atom stereocenters. The highest BCUT2D eigenvalue weighted by Gasteiger charge is 2.64. The number of benzene rings is 7. The number of halogens is 6. The number of ketones is 1. The molecule has 14 nitrogen and oxygen atoms in total. The molecule has 28 rings (SSSR count). The first-order valence-electron chi connectivity index (χ1n) is 51.9. The molecule has 752 valence electrons. The molecule has 23 heteroatoms. The Bertz CT molecular complexity index is 4970. The lowest BCUT2D eigenvalue weighted by Crippen LogP contribution is -2.58. The molecule has 21 aliphatic rings. The molecule has 21 fully saturated rings. The molecule has 1 heterocycles. The molecule has 20 bridgehead atoms. The van der Waals surface area contributed by atoms with Crippen molar-refractivity contribution < 1.29 is 93.0 Å². The van der Waals surface area contributed by atoms with Gasteiger partial charge in [0, 0.05) is 48.9 Å². The average molecular weight is 1980 g/mol. The van der Waals surface area contributed by atoms with E-state index in [9.17, 15) is 55.1 Å². The predicted octanol–water partition coefficient (Wildman–Crippen LogP) is 25.5. The molecule has 0 aromatic heterocycles. The van der Waals surface area contributed by atoms with Gasteiger partial charge < -0.3 is 37.9 Å². The monoisotopic (exact) mass is 1980 g/mol. The number of hydrogen-bond donors (Lipinski definition) is 0. The molecular formula is C117H143F6O14S3+3. The quantitative estimate of drug-likeness (QED) is 0.0206. The zero-order valence-corrected chi connectivity index (χ0v) is 85.3. The molecule has 1 aliphatic heterocycles. The van der Waals surface area contributed by atoms with Gasteiger partial charge in [0.1, 0.15) is 29.5 Å². The van der Waals surface area contributed by atoms with E-state index in [0.29, 0.717) is 117 Å². The zero-order chi connectivity index (χ0) is 98.4. The largest absolute Gasteiger partial charge is 0.461 e. The van der Waals surface area contributed by atoms with Gasteiger partial charge in [0.25, 0.3) is 0 Å². The number of rotatable bonds is 22. The van der Waals surface area contributed by atoms with Crippen LogP contribution in [-0.4, -0.2) is 123 Å². The van der Waals surface area contributed by atoms with Crippen LogP contribution >= 0.6 is 0 Å². The van der Waals surface area contributed by atoms with E-state index in [1.165, 1.54) is 132 Å². The number of hydrogen-bond acceptors (Lipinski definition) is 14. The summed E-state index contributed by atoms with van der Waals surface area (Å²) in [7, 11) is 0.378. The van der Waals surface area contributed by atoms with Crippen LogP contribution in [0.2, 0.25) is 0 Å². The minimum atomic E-state index is -3.49. The smallest absolute Gasteiger partial charge is 0.376 e. The third kappa shape index (κ3) is 23.6. The van der Waals surface area contributed by atoms with Gasteiger partial charge in [-0.2, -0.15) is 26.3 Å². The molecule has 0 radical (unpaired) electrons. The minimum absolute atomic E-state index is 0.0146. The van der Waals surface area contributed by atoms with E-state index in [0.717, 1.165) is 94.7 Å². The summed E-state index contributed by atoms with van der Waals surface area (Å²) in [5.41, 5.74) is 4.25. The van der Waals surface area contributed by atoms with Crippen molar-refractivity contribution in [2.75, 3.05) is 44.9 Å². The summed E-state index contributed by atoms with van der Waals surface area (Å²) in [4.78, 5) is 82.9. The lowest BCUT2D eigenvalue weighted by atomic mass is 9.48. The standard InChI is InChI=1S/2C25H34F2O5.C21H21S.C18H15S.C14H18F2O3.C14H21OS/c2*1-24(26,27)22(28)32-21-18-7-15-8-19(21)11-25(9-15,10-18)23(29)31-12-30-20-16-3-13-2-14(5-16)6-17(20)4-13;1-16-4-10-19(11-5-16)22(20-12-6-17(2)7-13-20)21-14-8-18(3)9-15-21;1-4-10-16(11-5-1)19(17-12-6-2-7-13-17)18-14-8-3-9-15-18;1-13(15,16)12(18)19-7-14-4-8-2-9(5-14)11(17)10(3-8)6-14;1-14(2,3)12-4-6-13(7-5-12)16-10-8-15-9-11-16/h2*13-21H,2-12H2,1H3;4-15H,1-3H3;1-15H;8-10H,2-7H2,1H3;4-7H,8-11H2,1-3H3/q;;2*+1;;+1. The van der Waals surface area contributed by atoms with Gasteiger partial charge in [-0.15, -0.1) is 0 Å². The molecule has 7 aromatic carbocycles. The van der Waals surface area contributed by atoms with Crippen LogP contribution in [0.5, 0.6) is 0 Å². The van der Waals surface area contributed by atoms with Gasteiger partial charge in [0.15, 0.2) is 47.9 Å². The second-order valence-electron chi connectivity index (χ2n) is 46.2. The summed E-state index contributed by atoms with van der Waals surface area (Å²) in [5.74, 6) is -5.14. The summed E-state index contributed by atoms with van der Waals surface area (Å²) < 4.78 is 124. The summed E-state index contributed by atoms with van der Waals surface area (Å²) in [6, 6.07) is 68.2. The molecular weight excluding hydrogens is 1840 g/mol. The van der Waals surface area contributed by atoms with Crippen molar-refractivity contribution in [1.82, 2.24) is 0 Å². The number of Topliss-reactive ketones (excluding diaryl/α,β-unsaturated/α-hetero) is 1. The normalized spacial score (nSPS) is 32.8. The van der Waals surface area contributed by atoms with Crippen LogP contribution in [0, 0.1) is 138 Å². The van der Waals surface area contributed by atoms with Crippen LogP contribution in [0.3, 0.4) is 0 Å². The van der Waals surface area contributed by atoms with Crippen molar-refractivity contribution in [3.63, 3.8) is 0 Å². The lowest BCUT2D eigenvalue weighted by Gasteiger charge is -2.58. The fraction of sp³-hybridized carbons (Fsp3) is 0.590. The van der Waals surface area contributed by atoms with Crippen molar-refractivity contribution in [1.29, 1.82) is 0 Å². The van der Waals surface area contributed by atoms with Crippen LogP contribution in [-0.2, 0) is 105 Å². The molecule has 0 amide bonds. The number of aryl methyl sites for hydroxylation is 3. The molecule has 0 spiro atoms. The van der Waals surface area contributed by atoms with Crippen molar-refractivity contribution in [2.24, 2.45) is 117 Å². The number of esters is 5. The second kappa shape index (κ2) is 42.6. The van der Waals surface area contributed by atoms with Gasteiger partial charge in [-0.05, 0) is 366 Å². The first kappa shape index (κ1) is 102. The topological polar surface area (TPSA) is 176 Å². The maximum atomic E-state index is 13.4. The second-order valence-corrected chi connectivity index (χ2v) is 52.6. The Labute approximate surface area is 832 Å². The molecule has 0 N–H and O–H groups in total. The zero-order valence-electron chi connectivity index (χ0n) is 82.9. The fourth-order valence-electron chi connectivity index (χ4n) is 29.1. The van der Waals surface area contributed by atoms with E-state index in [-0.39, 0.29) is 112 Å². The van der Waals surface area contributed by atoms with Crippen molar-refractivity contribution in [3.05, 3.63) is 210 Å². The van der Waals surface area contributed by atoms with Crippen LogP contribution in [0.25, 0.3) is 0 Å². The lowest BCUT2D eigenvalue weighted by molar-refractivity contribution is -0.218. The highest BCUT2D eigenvalue weighted by Crippen LogP contribution is 2.65. The van der Waals surface area contributed by atoms with E-state index < -0.39 is 58.7 Å². The Morgan fingerprint density at radius 1 is 0.350 bits per heavy atom. The maximum absolute atomic E-state index is 13.4.